The third kappa shape index (κ3) is 5.78. The first-order valence-electron chi connectivity index (χ1n) is 14.6. The lowest BCUT2D eigenvalue weighted by Crippen LogP contribution is -2.55. The van der Waals surface area contributed by atoms with Gasteiger partial charge in [0.2, 0.25) is 0 Å². The summed E-state index contributed by atoms with van der Waals surface area (Å²) in [6.07, 6.45) is -1.30. The summed E-state index contributed by atoms with van der Waals surface area (Å²) in [6.45, 7) is 4.80. The van der Waals surface area contributed by atoms with E-state index in [0.29, 0.717) is 28.7 Å². The number of amides is 1. The molecule has 0 spiro atoms. The molecule has 45 heavy (non-hydrogen) atoms. The number of benzene rings is 2. The van der Waals surface area contributed by atoms with Crippen molar-refractivity contribution in [1.82, 2.24) is 19.8 Å². The summed E-state index contributed by atoms with van der Waals surface area (Å²) in [5, 5.41) is 10.4. The van der Waals surface area contributed by atoms with Gasteiger partial charge in [-0.05, 0) is 55.8 Å². The first-order valence-corrected chi connectivity index (χ1v) is 14.6. The van der Waals surface area contributed by atoms with Crippen LogP contribution in [0.3, 0.4) is 0 Å². The molecule has 4 heterocycles. The highest BCUT2D eigenvalue weighted by molar-refractivity contribution is 6.14. The third-order valence-electron chi connectivity index (χ3n) is 8.56. The van der Waals surface area contributed by atoms with Gasteiger partial charge in [-0.15, -0.1) is 0 Å². The molecular weight excluding hydrogens is 592 g/mol. The van der Waals surface area contributed by atoms with E-state index in [0.717, 1.165) is 25.5 Å². The van der Waals surface area contributed by atoms with Gasteiger partial charge in [0.15, 0.2) is 5.83 Å². The fraction of sp³-hybridized carbons (Fsp3) is 0.375. The van der Waals surface area contributed by atoms with Gasteiger partial charge in [0.1, 0.15) is 18.0 Å². The Morgan fingerprint density at radius 3 is 2.67 bits per heavy atom. The van der Waals surface area contributed by atoms with Gasteiger partial charge in [0.25, 0.3) is 5.91 Å². The zero-order valence-electron chi connectivity index (χ0n) is 24.5. The summed E-state index contributed by atoms with van der Waals surface area (Å²) < 4.78 is 68.1. The van der Waals surface area contributed by atoms with Crippen molar-refractivity contribution in [2.75, 3.05) is 44.7 Å². The lowest BCUT2D eigenvalue weighted by atomic mass is 9.95. The second kappa shape index (κ2) is 12.0. The van der Waals surface area contributed by atoms with Crippen molar-refractivity contribution in [3.8, 4) is 23.2 Å². The number of alkyl halides is 3. The number of furan rings is 1. The molecule has 0 N–H and O–H groups in total. The smallest absolute Gasteiger partial charge is 0.417 e. The molecule has 0 saturated carbocycles. The molecule has 234 valence electrons. The van der Waals surface area contributed by atoms with E-state index in [-0.39, 0.29) is 54.8 Å². The SMILES string of the molecule is C=C(F)C(=O)N1CCN(c2nc(OC[C@@H]3CCCN3C)nc3cc(-c4ccccc4C(F)(F)F)c4ccoc4c23)C[C@@H]1CC#N. The molecule has 1 amide bonds. The Labute approximate surface area is 256 Å². The number of piperazine rings is 1. The minimum atomic E-state index is -4.60. The number of hydrogen-bond donors (Lipinski definition) is 0. The first-order chi connectivity index (χ1) is 21.6. The third-order valence-corrected chi connectivity index (χ3v) is 8.56. The second-order valence-electron chi connectivity index (χ2n) is 11.3. The second-order valence-corrected chi connectivity index (χ2v) is 11.3. The molecule has 13 heteroatoms. The summed E-state index contributed by atoms with van der Waals surface area (Å²) in [7, 11) is 2.01. The minimum Gasteiger partial charge on any atom is -0.463 e. The Morgan fingerprint density at radius 1 is 1.16 bits per heavy atom. The fourth-order valence-corrected chi connectivity index (χ4v) is 6.29. The Hall–Kier alpha value is -4.70. The van der Waals surface area contributed by atoms with Gasteiger partial charge < -0.3 is 23.9 Å². The summed E-state index contributed by atoms with van der Waals surface area (Å²) in [5.74, 6) is -1.62. The van der Waals surface area contributed by atoms with E-state index in [1.54, 1.807) is 18.2 Å². The number of rotatable bonds is 7. The average Bonchev–Trinajstić information content (AvgIpc) is 3.67. The quantitative estimate of drug-likeness (QED) is 0.184. The molecular formula is C32H30F4N6O3. The van der Waals surface area contributed by atoms with Gasteiger partial charge in [-0.1, -0.05) is 24.8 Å². The molecule has 6 rings (SSSR count). The predicted octanol–water partition coefficient (Wildman–Crippen LogP) is 5.95. The molecule has 2 aliphatic rings. The number of nitrogens with zero attached hydrogens (tertiary/aromatic N) is 6. The van der Waals surface area contributed by atoms with E-state index in [1.807, 2.05) is 11.9 Å². The Morgan fingerprint density at radius 2 is 1.96 bits per heavy atom. The number of likely N-dealkylation sites (tertiary alicyclic amines) is 1. The van der Waals surface area contributed by atoms with Crippen LogP contribution in [-0.4, -0.2) is 77.6 Å². The molecule has 2 fully saturated rings. The predicted molar refractivity (Wildman–Crippen MR) is 159 cm³/mol. The monoisotopic (exact) mass is 622 g/mol. The van der Waals surface area contributed by atoms with Gasteiger partial charge in [-0.25, -0.2) is 4.39 Å². The average molecular weight is 623 g/mol. The van der Waals surface area contributed by atoms with Crippen LogP contribution in [0.5, 0.6) is 6.01 Å². The number of hydrogen-bond acceptors (Lipinski definition) is 8. The van der Waals surface area contributed by atoms with Gasteiger partial charge in [-0.2, -0.15) is 28.4 Å². The van der Waals surface area contributed by atoms with Crippen LogP contribution >= 0.6 is 0 Å². The first kappa shape index (κ1) is 30.3. The van der Waals surface area contributed by atoms with Crippen LogP contribution in [0.1, 0.15) is 24.8 Å². The van der Waals surface area contributed by atoms with Gasteiger partial charge in [0.05, 0.1) is 41.3 Å². The lowest BCUT2D eigenvalue weighted by molar-refractivity contribution is -0.137. The van der Waals surface area contributed by atoms with E-state index >= 15 is 0 Å². The van der Waals surface area contributed by atoms with Crippen LogP contribution in [0.2, 0.25) is 0 Å². The van der Waals surface area contributed by atoms with Crippen molar-refractivity contribution in [2.24, 2.45) is 0 Å². The highest BCUT2D eigenvalue weighted by Crippen LogP contribution is 2.44. The van der Waals surface area contributed by atoms with Crippen LogP contribution in [0.15, 0.2) is 59.5 Å². The summed E-state index contributed by atoms with van der Waals surface area (Å²) >= 11 is 0. The van der Waals surface area contributed by atoms with E-state index < -0.39 is 29.5 Å². The molecule has 9 nitrogen and oxygen atoms in total. The summed E-state index contributed by atoms with van der Waals surface area (Å²) in [5.41, 5.74) is 0.0443. The zero-order valence-corrected chi connectivity index (χ0v) is 24.5. The van der Waals surface area contributed by atoms with E-state index in [2.05, 4.69) is 22.5 Å². The van der Waals surface area contributed by atoms with Crippen LogP contribution in [-0.2, 0) is 11.0 Å². The molecule has 4 aromatic rings. The Bertz CT molecular complexity index is 1820. The van der Waals surface area contributed by atoms with E-state index in [4.69, 9.17) is 14.1 Å². The number of anilines is 1. The maximum Gasteiger partial charge on any atom is 0.417 e. The van der Waals surface area contributed by atoms with Gasteiger partial charge in [0, 0.05) is 31.1 Å². The van der Waals surface area contributed by atoms with E-state index in [9.17, 15) is 27.6 Å². The van der Waals surface area contributed by atoms with Gasteiger partial charge >= 0.3 is 12.2 Å². The fourth-order valence-electron chi connectivity index (χ4n) is 6.29. The van der Waals surface area contributed by atoms with Crippen molar-refractivity contribution in [1.29, 1.82) is 5.26 Å². The number of nitriles is 1. The van der Waals surface area contributed by atoms with Crippen LogP contribution < -0.4 is 9.64 Å². The number of aromatic nitrogens is 2. The molecule has 2 saturated heterocycles. The molecule has 0 aliphatic carbocycles. The van der Waals surface area contributed by atoms with Crippen LogP contribution in [0.4, 0.5) is 23.4 Å². The molecule has 2 aromatic carbocycles. The van der Waals surface area contributed by atoms with Crippen molar-refractivity contribution in [3.63, 3.8) is 0 Å². The van der Waals surface area contributed by atoms with E-state index in [1.165, 1.54) is 23.3 Å². The molecule has 2 aromatic heterocycles. The molecule has 0 radical (unpaired) electrons. The van der Waals surface area contributed by atoms with Crippen molar-refractivity contribution in [3.05, 3.63) is 60.6 Å². The Balaban J connectivity index is 1.50. The number of carbonyl (C=O) groups excluding carboxylic acids is 1. The maximum atomic E-state index is 14.1. The topological polar surface area (TPSA) is 98.7 Å². The summed E-state index contributed by atoms with van der Waals surface area (Å²) in [4.78, 5) is 27.2. The number of likely N-dealkylation sites (N-methyl/N-ethyl adjacent to an activating group) is 1. The number of ether oxygens (including phenoxy) is 1. The molecule has 0 unspecified atom stereocenters. The van der Waals surface area contributed by atoms with Gasteiger partial charge in [-0.3, -0.25) is 4.79 Å². The van der Waals surface area contributed by atoms with Crippen molar-refractivity contribution < 1.29 is 31.5 Å². The van der Waals surface area contributed by atoms with Crippen LogP contribution in [0, 0.1) is 11.3 Å². The van der Waals surface area contributed by atoms with Crippen LogP contribution in [0.25, 0.3) is 33.0 Å². The maximum absolute atomic E-state index is 14.1. The van der Waals surface area contributed by atoms with Crippen molar-refractivity contribution >= 4 is 33.6 Å². The summed E-state index contributed by atoms with van der Waals surface area (Å²) in [6, 6.07) is 10.1. The molecule has 2 aliphatic heterocycles. The number of fused-ring (bicyclic) bond motifs is 3. The standard InChI is InChI=1S/C32H30F4N6O3/c1-19(33)30(43)42-14-13-41(17-20(42)9-11-37)29-27-26(38-31(39-29)45-18-21-6-5-12-40(21)2)16-24(23-10-15-44-28(23)27)22-7-3-4-8-25(22)32(34,35)36/h3-4,7-8,10,15-16,20-21H,1,5-6,9,12-14,17-18H2,2H3/t20-,21-/m0/s1. The molecule has 2 atom stereocenters. The van der Waals surface area contributed by atoms with Crippen molar-refractivity contribution in [2.45, 2.75) is 37.5 Å². The molecule has 0 bridgehead atoms. The number of carbonyl (C=O) groups is 1. The Kier molecular flexibility index (Phi) is 8.09. The highest BCUT2D eigenvalue weighted by atomic mass is 19.4. The normalized spacial score (nSPS) is 19.3. The lowest BCUT2D eigenvalue weighted by Gasteiger charge is -2.41. The highest BCUT2D eigenvalue weighted by Gasteiger charge is 2.36. The minimum absolute atomic E-state index is 0.0267. The largest absolute Gasteiger partial charge is 0.463 e. The number of halogens is 4. The zero-order chi connectivity index (χ0) is 31.9.